The number of hydrogen-bond acceptors (Lipinski definition) is 3. The van der Waals surface area contributed by atoms with Crippen LogP contribution in [0.4, 0.5) is 10.2 Å². The second kappa shape index (κ2) is 3.92. The number of aromatic nitrogens is 1. The summed E-state index contributed by atoms with van der Waals surface area (Å²) in [6, 6.07) is 3.00. The molecule has 1 saturated heterocycles. The summed E-state index contributed by atoms with van der Waals surface area (Å²) in [5.74, 6) is 0.0527. The average Bonchev–Trinajstić information content (AvgIpc) is 2.66. The standard InChI is InChI=1S/C10H13FN2O/c11-9-4-1-5-12-10(9)13-6-2-3-8(13)7-14/h1,4-5,8,14H,2-3,6-7H2. The van der Waals surface area contributed by atoms with E-state index in [1.165, 1.54) is 6.07 Å². The molecule has 1 unspecified atom stereocenters. The number of hydrogen-bond donors (Lipinski definition) is 1. The Morgan fingerprint density at radius 3 is 3.21 bits per heavy atom. The van der Waals surface area contributed by atoms with Gasteiger partial charge in [0.15, 0.2) is 11.6 Å². The lowest BCUT2D eigenvalue weighted by atomic mass is 10.2. The van der Waals surface area contributed by atoms with Crippen molar-refractivity contribution in [3.8, 4) is 0 Å². The minimum absolute atomic E-state index is 0.0272. The number of rotatable bonds is 2. The van der Waals surface area contributed by atoms with E-state index in [1.807, 2.05) is 4.90 Å². The molecule has 0 aromatic carbocycles. The summed E-state index contributed by atoms with van der Waals surface area (Å²) in [6.07, 6.45) is 3.47. The molecule has 0 saturated carbocycles. The molecule has 1 aliphatic heterocycles. The van der Waals surface area contributed by atoms with Gasteiger partial charge in [-0.05, 0) is 25.0 Å². The quantitative estimate of drug-likeness (QED) is 0.771. The van der Waals surface area contributed by atoms with Crippen molar-refractivity contribution in [1.29, 1.82) is 0 Å². The fraction of sp³-hybridized carbons (Fsp3) is 0.500. The first kappa shape index (κ1) is 9.40. The number of nitrogens with zero attached hydrogens (tertiary/aromatic N) is 2. The number of aliphatic hydroxyl groups is 1. The molecule has 0 radical (unpaired) electrons. The molecule has 76 valence electrons. The van der Waals surface area contributed by atoms with Crippen LogP contribution in [0.25, 0.3) is 0 Å². The highest BCUT2D eigenvalue weighted by molar-refractivity contribution is 5.42. The Bertz CT molecular complexity index is 319. The van der Waals surface area contributed by atoms with Crippen molar-refractivity contribution in [2.24, 2.45) is 0 Å². The van der Waals surface area contributed by atoms with Gasteiger partial charge in [-0.15, -0.1) is 0 Å². The van der Waals surface area contributed by atoms with Gasteiger partial charge in [0, 0.05) is 12.7 Å². The average molecular weight is 196 g/mol. The summed E-state index contributed by atoms with van der Waals surface area (Å²) in [5.41, 5.74) is 0. The van der Waals surface area contributed by atoms with Crippen LogP contribution in [0, 0.1) is 5.82 Å². The van der Waals surface area contributed by atoms with Gasteiger partial charge in [-0.1, -0.05) is 0 Å². The zero-order valence-corrected chi connectivity index (χ0v) is 7.86. The molecular formula is C10H13FN2O. The molecule has 1 N–H and O–H groups in total. The van der Waals surface area contributed by atoms with Crippen LogP contribution in [0.2, 0.25) is 0 Å². The van der Waals surface area contributed by atoms with Crippen LogP contribution >= 0.6 is 0 Å². The van der Waals surface area contributed by atoms with Gasteiger partial charge in [0.2, 0.25) is 0 Å². The van der Waals surface area contributed by atoms with Gasteiger partial charge < -0.3 is 10.0 Å². The highest BCUT2D eigenvalue weighted by Crippen LogP contribution is 2.25. The van der Waals surface area contributed by atoms with Gasteiger partial charge in [-0.25, -0.2) is 9.37 Å². The first-order chi connectivity index (χ1) is 6.83. The summed E-state index contributed by atoms with van der Waals surface area (Å²) in [5, 5.41) is 9.10. The van der Waals surface area contributed by atoms with E-state index in [9.17, 15) is 4.39 Å². The van der Waals surface area contributed by atoms with Crippen LogP contribution in [0.15, 0.2) is 18.3 Å². The Balaban J connectivity index is 2.26. The maximum atomic E-state index is 13.4. The number of pyridine rings is 1. The van der Waals surface area contributed by atoms with E-state index < -0.39 is 0 Å². The maximum Gasteiger partial charge on any atom is 0.165 e. The van der Waals surface area contributed by atoms with E-state index in [-0.39, 0.29) is 18.5 Å². The van der Waals surface area contributed by atoms with E-state index in [1.54, 1.807) is 12.3 Å². The minimum atomic E-state index is -0.312. The zero-order valence-electron chi connectivity index (χ0n) is 7.86. The summed E-state index contributed by atoms with van der Waals surface area (Å²) < 4.78 is 13.4. The van der Waals surface area contributed by atoms with Crippen LogP contribution in [-0.2, 0) is 0 Å². The van der Waals surface area contributed by atoms with Gasteiger partial charge in [0.25, 0.3) is 0 Å². The third-order valence-corrected chi connectivity index (χ3v) is 2.60. The van der Waals surface area contributed by atoms with Crippen molar-refractivity contribution in [3.63, 3.8) is 0 Å². The van der Waals surface area contributed by atoms with Crippen LogP contribution in [0.5, 0.6) is 0 Å². The van der Waals surface area contributed by atoms with Crippen molar-refractivity contribution in [2.75, 3.05) is 18.1 Å². The van der Waals surface area contributed by atoms with E-state index in [0.29, 0.717) is 5.82 Å². The molecule has 1 aliphatic rings. The normalized spacial score (nSPS) is 21.6. The lowest BCUT2D eigenvalue weighted by molar-refractivity contribution is 0.265. The predicted octanol–water partition coefficient (Wildman–Crippen LogP) is 1.18. The molecule has 1 aromatic rings. The van der Waals surface area contributed by atoms with Gasteiger partial charge in [0.05, 0.1) is 12.6 Å². The van der Waals surface area contributed by atoms with Crippen LogP contribution in [0.1, 0.15) is 12.8 Å². The van der Waals surface area contributed by atoms with Crippen molar-refractivity contribution in [1.82, 2.24) is 4.98 Å². The third kappa shape index (κ3) is 1.57. The first-order valence-corrected chi connectivity index (χ1v) is 4.81. The van der Waals surface area contributed by atoms with Crippen molar-refractivity contribution < 1.29 is 9.50 Å². The zero-order chi connectivity index (χ0) is 9.97. The molecule has 0 aliphatic carbocycles. The van der Waals surface area contributed by atoms with Crippen molar-refractivity contribution in [3.05, 3.63) is 24.1 Å². The number of aliphatic hydroxyl groups excluding tert-OH is 1. The molecule has 0 spiro atoms. The second-order valence-corrected chi connectivity index (χ2v) is 3.48. The van der Waals surface area contributed by atoms with Gasteiger partial charge in [0.1, 0.15) is 0 Å². The monoisotopic (exact) mass is 196 g/mol. The van der Waals surface area contributed by atoms with Gasteiger partial charge in [-0.2, -0.15) is 0 Å². The molecule has 2 heterocycles. The highest BCUT2D eigenvalue weighted by atomic mass is 19.1. The van der Waals surface area contributed by atoms with Crippen LogP contribution in [-0.4, -0.2) is 29.3 Å². The van der Waals surface area contributed by atoms with Crippen LogP contribution in [0.3, 0.4) is 0 Å². The van der Waals surface area contributed by atoms with E-state index in [4.69, 9.17) is 5.11 Å². The number of anilines is 1. The molecule has 0 amide bonds. The Hall–Kier alpha value is -1.16. The fourth-order valence-electron chi connectivity index (χ4n) is 1.89. The molecule has 14 heavy (non-hydrogen) atoms. The molecule has 1 aromatic heterocycles. The molecule has 1 atom stereocenters. The molecule has 2 rings (SSSR count). The highest BCUT2D eigenvalue weighted by Gasteiger charge is 2.26. The lowest BCUT2D eigenvalue weighted by Crippen LogP contribution is -2.33. The first-order valence-electron chi connectivity index (χ1n) is 4.81. The van der Waals surface area contributed by atoms with Gasteiger partial charge in [-0.3, -0.25) is 0 Å². The molecule has 1 fully saturated rings. The van der Waals surface area contributed by atoms with Crippen LogP contribution < -0.4 is 4.90 Å². The summed E-state index contributed by atoms with van der Waals surface area (Å²) in [6.45, 7) is 0.842. The Kier molecular flexibility index (Phi) is 2.63. The second-order valence-electron chi connectivity index (χ2n) is 3.48. The van der Waals surface area contributed by atoms with E-state index in [0.717, 1.165) is 19.4 Å². The molecule has 4 heteroatoms. The summed E-state index contributed by atoms with van der Waals surface area (Å²) >= 11 is 0. The van der Waals surface area contributed by atoms with Crippen molar-refractivity contribution in [2.45, 2.75) is 18.9 Å². The molecule has 3 nitrogen and oxygen atoms in total. The smallest absolute Gasteiger partial charge is 0.165 e. The fourth-order valence-corrected chi connectivity index (χ4v) is 1.89. The Labute approximate surface area is 82.2 Å². The summed E-state index contributed by atoms with van der Waals surface area (Å²) in [4.78, 5) is 5.84. The lowest BCUT2D eigenvalue weighted by Gasteiger charge is -2.24. The largest absolute Gasteiger partial charge is 0.394 e. The minimum Gasteiger partial charge on any atom is -0.394 e. The van der Waals surface area contributed by atoms with Gasteiger partial charge >= 0.3 is 0 Å². The third-order valence-electron chi connectivity index (χ3n) is 2.60. The Morgan fingerprint density at radius 1 is 1.64 bits per heavy atom. The molecular weight excluding hydrogens is 183 g/mol. The SMILES string of the molecule is OCC1CCCN1c1ncccc1F. The summed E-state index contributed by atoms with van der Waals surface area (Å²) in [7, 11) is 0. The maximum absolute atomic E-state index is 13.4. The molecule has 0 bridgehead atoms. The topological polar surface area (TPSA) is 36.4 Å². The van der Waals surface area contributed by atoms with Crippen molar-refractivity contribution >= 4 is 5.82 Å². The number of halogens is 1. The van der Waals surface area contributed by atoms with E-state index in [2.05, 4.69) is 4.98 Å². The van der Waals surface area contributed by atoms with E-state index >= 15 is 0 Å². The predicted molar refractivity (Wildman–Crippen MR) is 51.6 cm³/mol. The Morgan fingerprint density at radius 2 is 2.50 bits per heavy atom.